The molecule has 0 aromatic carbocycles. The highest BCUT2D eigenvalue weighted by Crippen LogP contribution is 2.25. The topological polar surface area (TPSA) is 42.2 Å². The first-order valence-electron chi connectivity index (χ1n) is 4.57. The molecule has 0 unspecified atom stereocenters. The Bertz CT molecular complexity index is 355. The molecule has 14 heavy (non-hydrogen) atoms. The molecule has 2 rings (SSSR count). The van der Waals surface area contributed by atoms with Gasteiger partial charge >= 0.3 is 0 Å². The summed E-state index contributed by atoms with van der Waals surface area (Å²) in [5, 5.41) is 3.12. The zero-order valence-electron chi connectivity index (χ0n) is 7.97. The van der Waals surface area contributed by atoms with Crippen molar-refractivity contribution in [2.24, 2.45) is 5.41 Å². The fraction of sp³-hybridized carbons (Fsp3) is 0.500. The van der Waals surface area contributed by atoms with Crippen LogP contribution in [-0.4, -0.2) is 18.9 Å². The molecule has 1 aromatic rings. The van der Waals surface area contributed by atoms with E-state index >= 15 is 0 Å². The Kier molecular flexibility index (Phi) is 2.49. The van der Waals surface area contributed by atoms with Crippen LogP contribution < -0.4 is 5.32 Å². The molecular formula is C10H12BrNO2. The zero-order valence-corrected chi connectivity index (χ0v) is 9.56. The second-order valence-electron chi connectivity index (χ2n) is 4.02. The average Bonchev–Trinajstić information content (AvgIpc) is 2.47. The van der Waals surface area contributed by atoms with Crippen LogP contribution in [-0.2, 0) is 11.2 Å². The zero-order chi connectivity index (χ0) is 10.2. The van der Waals surface area contributed by atoms with Gasteiger partial charge in [-0.2, -0.15) is 0 Å². The summed E-state index contributed by atoms with van der Waals surface area (Å²) in [4.78, 5) is 11.8. The Balaban J connectivity index is 2.01. The number of nitrogens with one attached hydrogen (secondary N) is 1. The van der Waals surface area contributed by atoms with Gasteiger partial charge in [0.15, 0.2) is 4.67 Å². The summed E-state index contributed by atoms with van der Waals surface area (Å²) < 4.78 is 5.76. The minimum atomic E-state index is -0.163. The third-order valence-corrected chi connectivity index (χ3v) is 3.11. The van der Waals surface area contributed by atoms with Crippen molar-refractivity contribution < 1.29 is 9.21 Å². The molecule has 1 aliphatic rings. The standard InChI is InChI=1S/C10H12BrNO2/c1-10(5-12-6-10)8(13)2-7-3-9(11)14-4-7/h3-4,12H,2,5-6H2,1H3. The predicted molar refractivity (Wildman–Crippen MR) is 56.1 cm³/mol. The van der Waals surface area contributed by atoms with Gasteiger partial charge in [-0.15, -0.1) is 0 Å². The fourth-order valence-corrected chi connectivity index (χ4v) is 1.92. The van der Waals surface area contributed by atoms with Gasteiger partial charge in [-0.25, -0.2) is 0 Å². The van der Waals surface area contributed by atoms with Crippen molar-refractivity contribution in [2.75, 3.05) is 13.1 Å². The lowest BCUT2D eigenvalue weighted by Crippen LogP contribution is -2.56. The number of hydrogen-bond acceptors (Lipinski definition) is 3. The Morgan fingerprint density at radius 1 is 1.71 bits per heavy atom. The normalized spacial score (nSPS) is 19.0. The van der Waals surface area contributed by atoms with E-state index < -0.39 is 0 Å². The van der Waals surface area contributed by atoms with Gasteiger partial charge in [-0.1, -0.05) is 6.92 Å². The van der Waals surface area contributed by atoms with Crippen molar-refractivity contribution >= 4 is 21.7 Å². The van der Waals surface area contributed by atoms with Crippen LogP contribution in [0.25, 0.3) is 0 Å². The molecule has 0 atom stereocenters. The van der Waals surface area contributed by atoms with Crippen molar-refractivity contribution in [3.05, 3.63) is 22.6 Å². The molecule has 1 aromatic heterocycles. The lowest BCUT2D eigenvalue weighted by molar-refractivity contribution is -0.129. The summed E-state index contributed by atoms with van der Waals surface area (Å²) in [6.45, 7) is 3.59. The van der Waals surface area contributed by atoms with E-state index in [9.17, 15) is 4.79 Å². The van der Waals surface area contributed by atoms with E-state index in [2.05, 4.69) is 21.2 Å². The molecule has 0 radical (unpaired) electrons. The number of rotatable bonds is 3. The Labute approximate surface area is 91.0 Å². The van der Waals surface area contributed by atoms with Gasteiger partial charge in [0.25, 0.3) is 0 Å². The number of hydrogen-bond donors (Lipinski definition) is 1. The molecule has 76 valence electrons. The second kappa shape index (κ2) is 3.51. The first-order valence-corrected chi connectivity index (χ1v) is 5.36. The van der Waals surface area contributed by atoms with Crippen molar-refractivity contribution in [1.29, 1.82) is 0 Å². The summed E-state index contributed by atoms with van der Waals surface area (Å²) in [5.74, 6) is 0.282. The molecule has 0 bridgehead atoms. The molecule has 3 nitrogen and oxygen atoms in total. The van der Waals surface area contributed by atoms with Crippen LogP contribution in [0.4, 0.5) is 0 Å². The van der Waals surface area contributed by atoms with Gasteiger partial charge in [-0.05, 0) is 27.6 Å². The SMILES string of the molecule is CC1(C(=O)Cc2coc(Br)c2)CNC1. The van der Waals surface area contributed by atoms with Crippen LogP contribution in [0.1, 0.15) is 12.5 Å². The summed E-state index contributed by atoms with van der Waals surface area (Å²) in [6, 6.07) is 1.84. The number of furan rings is 1. The van der Waals surface area contributed by atoms with Gasteiger partial charge in [-0.3, -0.25) is 4.79 Å². The maximum Gasteiger partial charge on any atom is 0.169 e. The fourth-order valence-electron chi connectivity index (χ4n) is 1.53. The molecule has 1 fully saturated rings. The van der Waals surface area contributed by atoms with E-state index in [4.69, 9.17) is 4.42 Å². The lowest BCUT2D eigenvalue weighted by Gasteiger charge is -2.37. The predicted octanol–water partition coefficient (Wildman–Crippen LogP) is 1.76. The van der Waals surface area contributed by atoms with Crippen LogP contribution in [0.5, 0.6) is 0 Å². The lowest BCUT2D eigenvalue weighted by atomic mass is 9.78. The van der Waals surface area contributed by atoms with Gasteiger partial charge in [0.05, 0.1) is 11.7 Å². The average molecular weight is 258 g/mol. The monoisotopic (exact) mass is 257 g/mol. The van der Waals surface area contributed by atoms with Gasteiger partial charge in [0, 0.05) is 19.5 Å². The molecule has 0 aliphatic carbocycles. The Hall–Kier alpha value is -0.610. The summed E-state index contributed by atoms with van der Waals surface area (Å²) in [5.41, 5.74) is 0.777. The molecule has 2 heterocycles. The van der Waals surface area contributed by atoms with E-state index in [0.29, 0.717) is 11.1 Å². The largest absolute Gasteiger partial charge is 0.457 e. The maximum absolute atomic E-state index is 11.8. The quantitative estimate of drug-likeness (QED) is 0.898. The van der Waals surface area contributed by atoms with Crippen molar-refractivity contribution in [1.82, 2.24) is 5.32 Å². The number of halogens is 1. The minimum Gasteiger partial charge on any atom is -0.457 e. The first-order chi connectivity index (χ1) is 6.60. The molecule has 1 aliphatic heterocycles. The van der Waals surface area contributed by atoms with Crippen LogP contribution in [0.2, 0.25) is 0 Å². The molecule has 1 N–H and O–H groups in total. The van der Waals surface area contributed by atoms with E-state index in [1.54, 1.807) is 6.26 Å². The van der Waals surface area contributed by atoms with Crippen molar-refractivity contribution in [2.45, 2.75) is 13.3 Å². The van der Waals surface area contributed by atoms with Crippen molar-refractivity contribution in [3.63, 3.8) is 0 Å². The molecule has 0 spiro atoms. The van der Waals surface area contributed by atoms with E-state index in [1.165, 1.54) is 0 Å². The van der Waals surface area contributed by atoms with Crippen LogP contribution in [0.3, 0.4) is 0 Å². The maximum atomic E-state index is 11.8. The number of Topliss-reactive ketones (excluding diaryl/α,β-unsaturated/α-hetero) is 1. The highest BCUT2D eigenvalue weighted by Gasteiger charge is 2.38. The van der Waals surface area contributed by atoms with E-state index in [0.717, 1.165) is 18.7 Å². The van der Waals surface area contributed by atoms with Crippen LogP contribution in [0, 0.1) is 5.41 Å². The molecule has 0 saturated carbocycles. The smallest absolute Gasteiger partial charge is 0.169 e. The summed E-state index contributed by atoms with van der Waals surface area (Å²) in [7, 11) is 0. The highest BCUT2D eigenvalue weighted by atomic mass is 79.9. The van der Waals surface area contributed by atoms with Crippen LogP contribution in [0.15, 0.2) is 21.4 Å². The highest BCUT2D eigenvalue weighted by molar-refractivity contribution is 9.10. The molecule has 4 heteroatoms. The number of carbonyl (C=O) groups is 1. The second-order valence-corrected chi connectivity index (χ2v) is 4.80. The third kappa shape index (κ3) is 1.77. The van der Waals surface area contributed by atoms with E-state index in [-0.39, 0.29) is 11.2 Å². The molecule has 0 amide bonds. The van der Waals surface area contributed by atoms with E-state index in [1.807, 2.05) is 13.0 Å². The third-order valence-electron chi connectivity index (χ3n) is 2.69. The first kappa shape index (κ1) is 9.93. The van der Waals surface area contributed by atoms with Gasteiger partial charge in [0.2, 0.25) is 0 Å². The van der Waals surface area contributed by atoms with Gasteiger partial charge < -0.3 is 9.73 Å². The molecular weight excluding hydrogens is 246 g/mol. The van der Waals surface area contributed by atoms with Crippen molar-refractivity contribution in [3.8, 4) is 0 Å². The van der Waals surface area contributed by atoms with Crippen LogP contribution >= 0.6 is 15.9 Å². The number of ketones is 1. The summed E-state index contributed by atoms with van der Waals surface area (Å²) >= 11 is 3.21. The minimum absolute atomic E-state index is 0.163. The van der Waals surface area contributed by atoms with Gasteiger partial charge in [0.1, 0.15) is 5.78 Å². The Morgan fingerprint density at radius 2 is 2.43 bits per heavy atom. The Morgan fingerprint density at radius 3 is 2.86 bits per heavy atom. The number of carbonyl (C=O) groups excluding carboxylic acids is 1. The summed E-state index contributed by atoms with van der Waals surface area (Å²) in [6.07, 6.45) is 2.09. The molecule has 1 saturated heterocycles.